The van der Waals surface area contributed by atoms with Crippen LogP contribution in [0.1, 0.15) is 36.5 Å². The molecule has 2 aliphatic heterocycles. The molecule has 2 saturated heterocycles. The van der Waals surface area contributed by atoms with Gasteiger partial charge in [-0.05, 0) is 87.8 Å². The quantitative estimate of drug-likeness (QED) is 0.711. The van der Waals surface area contributed by atoms with Crippen molar-refractivity contribution in [1.29, 1.82) is 0 Å². The highest BCUT2D eigenvalue weighted by molar-refractivity contribution is 7.92. The molecule has 2 heterocycles. The van der Waals surface area contributed by atoms with Crippen LogP contribution >= 0.6 is 0 Å². The second-order valence-electron chi connectivity index (χ2n) is 8.02. The molecule has 2 aromatic rings. The summed E-state index contributed by atoms with van der Waals surface area (Å²) in [6.07, 6.45) is 3.52. The highest BCUT2D eigenvalue weighted by atomic mass is 32.2. The molecular weight excluding hydrogens is 414 g/mol. The van der Waals surface area contributed by atoms with Crippen LogP contribution in [0.3, 0.4) is 0 Å². The molecule has 0 spiro atoms. The zero-order valence-corrected chi connectivity index (χ0v) is 18.6. The first-order chi connectivity index (χ1) is 15.0. The van der Waals surface area contributed by atoms with Gasteiger partial charge in [0, 0.05) is 30.4 Å². The number of nitrogens with one attached hydrogen (secondary N) is 1. The summed E-state index contributed by atoms with van der Waals surface area (Å²) in [4.78, 5) is 17.4. The van der Waals surface area contributed by atoms with Crippen LogP contribution in [0.4, 0.5) is 5.69 Å². The van der Waals surface area contributed by atoms with Gasteiger partial charge in [0.15, 0.2) is 0 Å². The van der Waals surface area contributed by atoms with Gasteiger partial charge in [-0.2, -0.15) is 0 Å². The molecule has 4 rings (SSSR count). The van der Waals surface area contributed by atoms with Crippen LogP contribution in [0.15, 0.2) is 53.4 Å². The number of carbonyl (C=O) groups excluding carboxylic acids is 1. The van der Waals surface area contributed by atoms with Crippen molar-refractivity contribution in [2.45, 2.75) is 37.1 Å². The van der Waals surface area contributed by atoms with Crippen molar-refractivity contribution in [3.8, 4) is 5.75 Å². The van der Waals surface area contributed by atoms with Crippen molar-refractivity contribution in [2.24, 2.45) is 0 Å². The molecule has 166 valence electrons. The fourth-order valence-corrected chi connectivity index (χ4v) is 5.35. The van der Waals surface area contributed by atoms with Crippen LogP contribution in [0.25, 0.3) is 0 Å². The van der Waals surface area contributed by atoms with E-state index < -0.39 is 10.0 Å². The van der Waals surface area contributed by atoms with E-state index in [-0.39, 0.29) is 10.8 Å². The van der Waals surface area contributed by atoms with E-state index >= 15 is 0 Å². The molecule has 2 aromatic carbocycles. The minimum absolute atomic E-state index is 0.00242. The lowest BCUT2D eigenvalue weighted by atomic mass is 10.2. The number of amides is 1. The lowest BCUT2D eigenvalue weighted by molar-refractivity contribution is 0.0780. The monoisotopic (exact) mass is 443 g/mol. The molecule has 0 aliphatic carbocycles. The third kappa shape index (κ3) is 5.02. The topological polar surface area (TPSA) is 78.9 Å². The van der Waals surface area contributed by atoms with E-state index in [1.807, 2.05) is 11.8 Å². The number of ether oxygens (including phenoxy) is 1. The zero-order chi connectivity index (χ0) is 21.8. The standard InChI is InChI=1S/C23H29N3O4S/c1-2-30-21-9-11-22(12-10-21)31(28,29)24-19-7-5-18(6-8-19)23(27)26-16-13-20(17-26)25-14-3-4-15-25/h5-12,20,24H,2-4,13-17H2,1H3. The fraction of sp³-hybridized carbons (Fsp3) is 0.435. The maximum atomic E-state index is 12.9. The Hall–Kier alpha value is -2.58. The zero-order valence-electron chi connectivity index (χ0n) is 17.8. The van der Waals surface area contributed by atoms with Crippen molar-refractivity contribution in [2.75, 3.05) is 37.5 Å². The fourth-order valence-electron chi connectivity index (χ4n) is 4.29. The first-order valence-corrected chi connectivity index (χ1v) is 12.3. The maximum Gasteiger partial charge on any atom is 0.261 e. The lowest BCUT2D eigenvalue weighted by Crippen LogP contribution is -2.37. The summed E-state index contributed by atoms with van der Waals surface area (Å²) in [6, 6.07) is 13.4. The smallest absolute Gasteiger partial charge is 0.261 e. The number of likely N-dealkylation sites (tertiary alicyclic amines) is 2. The Balaban J connectivity index is 1.38. The second kappa shape index (κ2) is 9.28. The molecule has 8 heteroatoms. The van der Waals surface area contributed by atoms with Gasteiger partial charge in [-0.15, -0.1) is 0 Å². The van der Waals surface area contributed by atoms with Gasteiger partial charge < -0.3 is 9.64 Å². The van der Waals surface area contributed by atoms with E-state index in [0.29, 0.717) is 29.6 Å². The predicted molar refractivity (Wildman–Crippen MR) is 120 cm³/mol. The minimum atomic E-state index is -3.72. The van der Waals surface area contributed by atoms with E-state index in [1.54, 1.807) is 36.4 Å². The molecule has 2 aliphatic rings. The molecule has 0 aromatic heterocycles. The lowest BCUT2D eigenvalue weighted by Gasteiger charge is -2.23. The van der Waals surface area contributed by atoms with Gasteiger partial charge >= 0.3 is 0 Å². The highest BCUT2D eigenvalue weighted by Crippen LogP contribution is 2.23. The number of nitrogens with zero attached hydrogens (tertiary/aromatic N) is 2. The summed E-state index contributed by atoms with van der Waals surface area (Å²) in [5.41, 5.74) is 0.993. The van der Waals surface area contributed by atoms with Gasteiger partial charge in [0.1, 0.15) is 5.75 Å². The average molecular weight is 444 g/mol. The number of sulfonamides is 1. The molecule has 0 radical (unpaired) electrons. The SMILES string of the molecule is CCOc1ccc(S(=O)(=O)Nc2ccc(C(=O)N3CCC(N4CCCC4)C3)cc2)cc1. The van der Waals surface area contributed by atoms with Crippen molar-refractivity contribution < 1.29 is 17.9 Å². The van der Waals surface area contributed by atoms with Crippen LogP contribution in [0, 0.1) is 0 Å². The van der Waals surface area contributed by atoms with E-state index in [2.05, 4.69) is 9.62 Å². The summed E-state index contributed by atoms with van der Waals surface area (Å²) < 4.78 is 33.2. The maximum absolute atomic E-state index is 12.9. The molecule has 1 unspecified atom stereocenters. The number of rotatable bonds is 7. The molecule has 2 fully saturated rings. The molecule has 0 bridgehead atoms. The van der Waals surface area contributed by atoms with E-state index in [1.165, 1.54) is 25.0 Å². The second-order valence-corrected chi connectivity index (χ2v) is 9.71. The molecule has 31 heavy (non-hydrogen) atoms. The van der Waals surface area contributed by atoms with Gasteiger partial charge in [-0.1, -0.05) is 0 Å². The molecular formula is C23H29N3O4S. The first-order valence-electron chi connectivity index (χ1n) is 10.9. The van der Waals surface area contributed by atoms with E-state index in [4.69, 9.17) is 4.74 Å². The van der Waals surface area contributed by atoms with Crippen LogP contribution in [0.5, 0.6) is 5.75 Å². The Morgan fingerprint density at radius 1 is 1.03 bits per heavy atom. The van der Waals surface area contributed by atoms with Crippen molar-refractivity contribution in [3.63, 3.8) is 0 Å². The Labute approximate surface area is 184 Å². The Bertz CT molecular complexity index is 1000. The van der Waals surface area contributed by atoms with Crippen LogP contribution < -0.4 is 9.46 Å². The van der Waals surface area contributed by atoms with Gasteiger partial charge in [0.25, 0.3) is 15.9 Å². The van der Waals surface area contributed by atoms with Crippen LogP contribution in [-0.2, 0) is 10.0 Å². The van der Waals surface area contributed by atoms with E-state index in [0.717, 1.165) is 32.6 Å². The Kier molecular flexibility index (Phi) is 6.48. The first kappa shape index (κ1) is 21.6. The summed E-state index contributed by atoms with van der Waals surface area (Å²) in [5, 5.41) is 0. The molecule has 1 atom stereocenters. The summed E-state index contributed by atoms with van der Waals surface area (Å²) >= 11 is 0. The third-order valence-corrected chi connectivity index (χ3v) is 7.33. The van der Waals surface area contributed by atoms with Crippen molar-refractivity contribution in [1.82, 2.24) is 9.80 Å². The summed E-state index contributed by atoms with van der Waals surface area (Å²) in [6.45, 7) is 6.20. The largest absolute Gasteiger partial charge is 0.494 e. The van der Waals surface area contributed by atoms with Crippen LogP contribution in [0.2, 0.25) is 0 Å². The van der Waals surface area contributed by atoms with Gasteiger partial charge in [-0.3, -0.25) is 14.4 Å². The number of hydrogen-bond acceptors (Lipinski definition) is 5. The molecule has 0 saturated carbocycles. The predicted octanol–water partition coefficient (Wildman–Crippen LogP) is 3.20. The third-order valence-electron chi connectivity index (χ3n) is 5.94. The number of hydrogen-bond donors (Lipinski definition) is 1. The summed E-state index contributed by atoms with van der Waals surface area (Å²) in [7, 11) is -3.72. The van der Waals surface area contributed by atoms with Gasteiger partial charge in [-0.25, -0.2) is 8.42 Å². The Morgan fingerprint density at radius 2 is 1.71 bits per heavy atom. The van der Waals surface area contributed by atoms with Gasteiger partial charge in [0.2, 0.25) is 0 Å². The molecule has 7 nitrogen and oxygen atoms in total. The molecule has 1 amide bonds. The minimum Gasteiger partial charge on any atom is -0.494 e. The van der Waals surface area contributed by atoms with E-state index in [9.17, 15) is 13.2 Å². The number of anilines is 1. The highest BCUT2D eigenvalue weighted by Gasteiger charge is 2.31. The van der Waals surface area contributed by atoms with Crippen molar-refractivity contribution in [3.05, 3.63) is 54.1 Å². The van der Waals surface area contributed by atoms with Crippen molar-refractivity contribution >= 4 is 21.6 Å². The number of carbonyl (C=O) groups is 1. The summed E-state index contributed by atoms with van der Waals surface area (Å²) in [5.74, 6) is 0.626. The Morgan fingerprint density at radius 3 is 2.35 bits per heavy atom. The number of benzene rings is 2. The van der Waals surface area contributed by atoms with Gasteiger partial charge in [0.05, 0.1) is 11.5 Å². The molecule has 1 N–H and O–H groups in total. The normalized spacial score (nSPS) is 19.5. The van der Waals surface area contributed by atoms with Crippen LogP contribution in [-0.4, -0.2) is 63.0 Å². The average Bonchev–Trinajstić information content (AvgIpc) is 3.46.